The molecule has 7 rings (SSSR count). The van der Waals surface area contributed by atoms with Crippen LogP contribution in [0.5, 0.6) is 0 Å². The van der Waals surface area contributed by atoms with Crippen LogP contribution in [0.1, 0.15) is 70.2 Å². The van der Waals surface area contributed by atoms with Crippen molar-refractivity contribution >= 4 is 27.1 Å². The van der Waals surface area contributed by atoms with E-state index in [0.717, 1.165) is 22.3 Å². The van der Waals surface area contributed by atoms with Gasteiger partial charge in [-0.2, -0.15) is 0 Å². The van der Waals surface area contributed by atoms with Crippen LogP contribution in [0.15, 0.2) is 121 Å². The molecule has 17 atom stereocenters. The third-order valence-electron chi connectivity index (χ3n) is 14.5. The summed E-state index contributed by atoms with van der Waals surface area (Å²) in [5.74, 6) is -5.89. The lowest BCUT2D eigenvalue weighted by molar-refractivity contribution is -0.389. The highest BCUT2D eigenvalue weighted by Crippen LogP contribution is 2.45. The molecule has 0 aliphatic carbocycles. The number of benzene rings is 4. The third kappa shape index (κ3) is 16.4. The summed E-state index contributed by atoms with van der Waals surface area (Å²) >= 11 is 0. The van der Waals surface area contributed by atoms with Gasteiger partial charge < -0.3 is 66.7 Å². The molecular weight excluding hydrogens is 1010 g/mol. The summed E-state index contributed by atoms with van der Waals surface area (Å²) in [7, 11) is 3.81. The van der Waals surface area contributed by atoms with Gasteiger partial charge in [0.2, 0.25) is 0 Å². The van der Waals surface area contributed by atoms with Crippen molar-refractivity contribution in [1.29, 1.82) is 0 Å². The third-order valence-corrected chi connectivity index (χ3v) is 14.7. The smallest absolute Gasteiger partial charge is 0.366 e. The highest BCUT2D eigenvalue weighted by atomic mass is 31.0. The Bertz CT molecular complexity index is 2390. The van der Waals surface area contributed by atoms with Crippen LogP contribution in [0.2, 0.25) is 0 Å². The quantitative estimate of drug-likeness (QED) is 0.0365. The summed E-state index contributed by atoms with van der Waals surface area (Å²) in [5, 5.41) is 12.8. The van der Waals surface area contributed by atoms with Crippen molar-refractivity contribution in [3.05, 3.63) is 144 Å². The van der Waals surface area contributed by atoms with Gasteiger partial charge >= 0.3 is 17.9 Å². The largest absolute Gasteiger partial charge is 0.465 e. The molecule has 1 N–H and O–H groups in total. The van der Waals surface area contributed by atoms with Crippen molar-refractivity contribution in [2.45, 2.75) is 148 Å². The minimum Gasteiger partial charge on any atom is -0.465 e. The van der Waals surface area contributed by atoms with E-state index in [-0.39, 0.29) is 70.9 Å². The maximum absolute atomic E-state index is 14.6. The number of aliphatic hydroxyl groups excluding tert-OH is 1. The fraction of sp³-hybridized carbons (Fsp3) is 0.542. The number of aliphatic hydroxyl groups is 1. The van der Waals surface area contributed by atoms with E-state index in [1.807, 2.05) is 142 Å². The van der Waals surface area contributed by atoms with E-state index in [0.29, 0.717) is 0 Å². The van der Waals surface area contributed by atoms with Crippen molar-refractivity contribution in [2.75, 3.05) is 33.3 Å². The van der Waals surface area contributed by atoms with E-state index >= 15 is 0 Å². The number of hydrogen-bond donors (Lipinski definition) is 1. The molecule has 0 saturated carbocycles. The lowest BCUT2D eigenvalue weighted by Gasteiger charge is -2.52. The Morgan fingerprint density at radius 3 is 1.66 bits per heavy atom. The molecule has 0 spiro atoms. The average molecular weight is 1090 g/mol. The molecule has 3 saturated heterocycles. The molecule has 3 aliphatic rings. The van der Waals surface area contributed by atoms with Gasteiger partial charge in [-0.1, -0.05) is 149 Å². The predicted octanol–water partition coefficient (Wildman–Crippen LogP) is 7.72. The standard InChI is InChI=1S/C59H77O17P/c1-37-28-59(58(63)64-7,75-51(38(37)2)39(3)47(71-42(6)61)35-67-41(5)60)76-54-50(62)48(33-65-29-43-20-12-8-13-21-43)72-57(55(54)69-32-46-26-18-11-19-27-46)74-52-40(4)53(68-31-45-24-16-10-17-25-45)56(70-36-77)73-49(52)34-66-30-44-22-14-9-15-23-44/h8-27,37-40,47-57,62H,28-36,77H2,1-7H3/t37?,38-,39+,40?,47-,48?,49+,50-,51+,52-,53?,54-,55?,56-,57-,59-/m0/s1. The molecule has 3 fully saturated rings. The second kappa shape index (κ2) is 29.5. The van der Waals surface area contributed by atoms with E-state index < -0.39 is 103 Å². The number of hydrogen-bond acceptors (Lipinski definition) is 17. The molecule has 3 heterocycles. The normalized spacial score (nSPS) is 30.2. The molecule has 0 radical (unpaired) electrons. The fourth-order valence-electron chi connectivity index (χ4n) is 10.2. The molecule has 17 nitrogen and oxygen atoms in total. The van der Waals surface area contributed by atoms with E-state index in [9.17, 15) is 19.5 Å². The Kier molecular flexibility index (Phi) is 22.9. The van der Waals surface area contributed by atoms with Crippen LogP contribution < -0.4 is 0 Å². The lowest BCUT2D eigenvalue weighted by Crippen LogP contribution is -2.67. The minimum absolute atomic E-state index is 0.00308. The summed E-state index contributed by atoms with van der Waals surface area (Å²) < 4.78 is 84.0. The van der Waals surface area contributed by atoms with Crippen molar-refractivity contribution in [3.8, 4) is 0 Å². The monoisotopic (exact) mass is 1090 g/mol. The van der Waals surface area contributed by atoms with E-state index in [1.54, 1.807) is 6.92 Å². The fourth-order valence-corrected chi connectivity index (χ4v) is 10.4. The van der Waals surface area contributed by atoms with Gasteiger partial charge in [-0.3, -0.25) is 9.59 Å². The van der Waals surface area contributed by atoms with Crippen LogP contribution >= 0.6 is 9.24 Å². The van der Waals surface area contributed by atoms with Crippen LogP contribution in [-0.4, -0.2) is 130 Å². The summed E-state index contributed by atoms with van der Waals surface area (Å²) in [6, 6.07) is 38.6. The Labute approximate surface area is 454 Å². The Morgan fingerprint density at radius 2 is 1.16 bits per heavy atom. The maximum Gasteiger partial charge on any atom is 0.366 e. The molecular formula is C59H77O17P. The van der Waals surface area contributed by atoms with Crippen LogP contribution in [0, 0.1) is 23.7 Å². The molecule has 0 bridgehead atoms. The van der Waals surface area contributed by atoms with E-state index in [4.69, 9.17) is 61.6 Å². The van der Waals surface area contributed by atoms with E-state index in [2.05, 4.69) is 9.24 Å². The van der Waals surface area contributed by atoms with Crippen molar-refractivity contribution < 1.29 is 81.1 Å². The first kappa shape index (κ1) is 59.9. The molecule has 4 aromatic rings. The van der Waals surface area contributed by atoms with Crippen LogP contribution in [0.3, 0.4) is 0 Å². The van der Waals surface area contributed by atoms with Gasteiger partial charge in [0, 0.05) is 32.1 Å². The zero-order valence-electron chi connectivity index (χ0n) is 45.1. The van der Waals surface area contributed by atoms with E-state index in [1.165, 1.54) is 21.0 Å². The van der Waals surface area contributed by atoms with Gasteiger partial charge in [0.05, 0.1) is 65.3 Å². The Morgan fingerprint density at radius 1 is 0.649 bits per heavy atom. The summed E-state index contributed by atoms with van der Waals surface area (Å²) in [4.78, 5) is 39.1. The molecule has 4 aromatic carbocycles. The second-order valence-corrected chi connectivity index (χ2v) is 20.5. The first-order valence-corrected chi connectivity index (χ1v) is 27.3. The zero-order chi connectivity index (χ0) is 54.9. The van der Waals surface area contributed by atoms with Crippen LogP contribution in [-0.2, 0) is 102 Å². The number of carbonyl (C=O) groups is 3. The zero-order valence-corrected chi connectivity index (χ0v) is 46.3. The van der Waals surface area contributed by atoms with Gasteiger partial charge in [0.15, 0.2) is 12.6 Å². The summed E-state index contributed by atoms with van der Waals surface area (Å²) in [5.41, 5.74) is 3.59. The molecule has 3 aliphatic heterocycles. The number of rotatable bonds is 26. The summed E-state index contributed by atoms with van der Waals surface area (Å²) in [6.45, 7) is 10.6. The molecule has 77 heavy (non-hydrogen) atoms. The van der Waals surface area contributed by atoms with Gasteiger partial charge in [0.25, 0.3) is 5.79 Å². The Balaban J connectivity index is 1.29. The highest BCUT2D eigenvalue weighted by Gasteiger charge is 2.59. The second-order valence-electron chi connectivity index (χ2n) is 20.2. The molecule has 0 amide bonds. The number of carbonyl (C=O) groups excluding carboxylic acids is 3. The maximum atomic E-state index is 14.6. The number of ether oxygens (including phenoxy) is 13. The van der Waals surface area contributed by atoms with Crippen molar-refractivity contribution in [3.63, 3.8) is 0 Å². The molecule has 0 aromatic heterocycles. The van der Waals surface area contributed by atoms with Gasteiger partial charge in [-0.25, -0.2) is 4.79 Å². The first-order valence-electron chi connectivity index (χ1n) is 26.4. The number of methoxy groups -OCH3 is 1. The summed E-state index contributed by atoms with van der Waals surface area (Å²) in [6.07, 6.45) is -11.4. The SMILES string of the molecule is COC(=O)[C@@]1(O[C@@H]2C(OCc3ccccc3)[C@H](O[C@H]3C(C)C(OCc4ccccc4)[C@@H](OCP)O[C@@H]3COCc3ccccc3)OC(COCc3ccccc3)[C@@H]2O)CC(C)[C@H](C)[C@H]([C@H](C)[C@H](COC(C)=O)OC(C)=O)O1. The lowest BCUT2D eigenvalue weighted by atomic mass is 9.76. The topological polar surface area (TPSA) is 191 Å². The molecule has 18 heteroatoms. The van der Waals surface area contributed by atoms with Gasteiger partial charge in [-0.05, 0) is 34.1 Å². The minimum atomic E-state index is -2.19. The highest BCUT2D eigenvalue weighted by molar-refractivity contribution is 7.16. The van der Waals surface area contributed by atoms with Crippen LogP contribution in [0.4, 0.5) is 0 Å². The van der Waals surface area contributed by atoms with Crippen molar-refractivity contribution in [1.82, 2.24) is 0 Å². The van der Waals surface area contributed by atoms with Gasteiger partial charge in [0.1, 0.15) is 49.3 Å². The first-order chi connectivity index (χ1) is 37.2. The number of esters is 3. The van der Waals surface area contributed by atoms with Gasteiger partial charge in [-0.15, -0.1) is 9.24 Å². The predicted molar refractivity (Wildman–Crippen MR) is 284 cm³/mol. The molecule has 420 valence electrons. The Hall–Kier alpha value is -4.72. The molecule has 6 unspecified atom stereocenters. The van der Waals surface area contributed by atoms with Crippen LogP contribution in [0.25, 0.3) is 0 Å². The van der Waals surface area contributed by atoms with Crippen molar-refractivity contribution in [2.24, 2.45) is 23.7 Å². The average Bonchev–Trinajstić information content (AvgIpc) is 3.45.